The number of imidazole rings is 1. The van der Waals surface area contributed by atoms with E-state index in [-0.39, 0.29) is 5.69 Å². The molecular weight excluding hydrogens is 274 g/mol. The third kappa shape index (κ3) is 2.10. The summed E-state index contributed by atoms with van der Waals surface area (Å²) in [6.07, 6.45) is 3.47. The van der Waals surface area contributed by atoms with Crippen LogP contribution >= 0.6 is 11.3 Å². The molecule has 0 saturated heterocycles. The predicted octanol–water partition coefficient (Wildman–Crippen LogP) is 2.91. The van der Waals surface area contributed by atoms with Crippen LogP contribution in [0.15, 0.2) is 42.7 Å². The second-order valence-electron chi connectivity index (χ2n) is 4.23. The Morgan fingerprint density at radius 3 is 2.65 bits per heavy atom. The fraction of sp³-hybridized carbons (Fsp3) is 0.0714. The van der Waals surface area contributed by atoms with Crippen molar-refractivity contribution in [2.45, 2.75) is 0 Å². The Balaban J connectivity index is 2.18. The summed E-state index contributed by atoms with van der Waals surface area (Å²) in [6.45, 7) is 0. The number of hydrogen-bond donors (Lipinski definition) is 1. The number of carboxylic acids is 1. The maximum absolute atomic E-state index is 11.4. The molecule has 2 aromatic heterocycles. The maximum Gasteiger partial charge on any atom is 0.356 e. The number of carbonyl (C=O) groups is 1. The second-order valence-corrected chi connectivity index (χ2v) is 5.23. The number of hydrogen-bond acceptors (Lipinski definition) is 4. The molecule has 3 aromatic rings. The van der Waals surface area contributed by atoms with Crippen molar-refractivity contribution >= 4 is 17.3 Å². The SMILES string of the molecule is Cn1ccnc1-c1nc(C(=O)O)c(-c2ccccc2)s1. The van der Waals surface area contributed by atoms with Crippen LogP contribution in [0.25, 0.3) is 21.3 Å². The quantitative estimate of drug-likeness (QED) is 0.803. The van der Waals surface area contributed by atoms with Gasteiger partial charge in [0.05, 0.1) is 4.88 Å². The molecule has 1 aromatic carbocycles. The monoisotopic (exact) mass is 285 g/mol. The van der Waals surface area contributed by atoms with Crippen molar-refractivity contribution < 1.29 is 9.90 Å². The summed E-state index contributed by atoms with van der Waals surface area (Å²) in [5.74, 6) is -0.361. The number of aromatic nitrogens is 3. The van der Waals surface area contributed by atoms with Gasteiger partial charge in [0.25, 0.3) is 0 Å². The standard InChI is InChI=1S/C14H11N3O2S/c1-17-8-7-15-12(17)13-16-10(14(18)19)11(20-13)9-5-3-2-4-6-9/h2-8H,1H3,(H,18,19). The zero-order valence-electron chi connectivity index (χ0n) is 10.6. The molecule has 2 heterocycles. The highest BCUT2D eigenvalue weighted by atomic mass is 32.1. The normalized spacial score (nSPS) is 10.7. The first kappa shape index (κ1) is 12.6. The third-order valence-corrected chi connectivity index (χ3v) is 3.98. The smallest absolute Gasteiger partial charge is 0.356 e. The Bertz CT molecular complexity index is 762. The van der Waals surface area contributed by atoms with E-state index in [0.29, 0.717) is 15.7 Å². The Kier molecular flexibility index (Phi) is 3.08. The van der Waals surface area contributed by atoms with Crippen LogP contribution < -0.4 is 0 Å². The first-order valence-corrected chi connectivity index (χ1v) is 6.75. The lowest BCUT2D eigenvalue weighted by atomic mass is 10.1. The molecule has 0 saturated carbocycles. The molecule has 0 atom stereocenters. The number of rotatable bonds is 3. The lowest BCUT2D eigenvalue weighted by Gasteiger charge is -1.97. The molecule has 3 rings (SSSR count). The summed E-state index contributed by atoms with van der Waals surface area (Å²) in [5, 5.41) is 9.93. The molecule has 0 aliphatic heterocycles. The highest BCUT2D eigenvalue weighted by Crippen LogP contribution is 2.34. The van der Waals surface area contributed by atoms with Crippen molar-refractivity contribution in [2.75, 3.05) is 0 Å². The first-order valence-electron chi connectivity index (χ1n) is 5.94. The van der Waals surface area contributed by atoms with E-state index < -0.39 is 5.97 Å². The van der Waals surface area contributed by atoms with Gasteiger partial charge < -0.3 is 9.67 Å². The van der Waals surface area contributed by atoms with E-state index in [9.17, 15) is 9.90 Å². The van der Waals surface area contributed by atoms with E-state index >= 15 is 0 Å². The van der Waals surface area contributed by atoms with Gasteiger partial charge in [0, 0.05) is 19.4 Å². The molecule has 0 fully saturated rings. The van der Waals surface area contributed by atoms with E-state index in [1.165, 1.54) is 11.3 Å². The van der Waals surface area contributed by atoms with Crippen molar-refractivity contribution in [1.82, 2.24) is 14.5 Å². The topological polar surface area (TPSA) is 68.0 Å². The van der Waals surface area contributed by atoms with Crippen LogP contribution in [0.3, 0.4) is 0 Å². The second kappa shape index (κ2) is 4.90. The van der Waals surface area contributed by atoms with Crippen molar-refractivity contribution in [3.05, 3.63) is 48.4 Å². The summed E-state index contributed by atoms with van der Waals surface area (Å²) in [4.78, 5) is 20.5. The van der Waals surface area contributed by atoms with Crippen LogP contribution in [0, 0.1) is 0 Å². The molecule has 0 radical (unpaired) electrons. The minimum atomic E-state index is -1.03. The maximum atomic E-state index is 11.4. The van der Waals surface area contributed by atoms with Gasteiger partial charge in [-0.1, -0.05) is 30.3 Å². The number of aromatic carboxylic acids is 1. The van der Waals surface area contributed by atoms with Gasteiger partial charge in [0.15, 0.2) is 16.5 Å². The largest absolute Gasteiger partial charge is 0.476 e. The minimum Gasteiger partial charge on any atom is -0.476 e. The van der Waals surface area contributed by atoms with Crippen LogP contribution in [0.4, 0.5) is 0 Å². The Morgan fingerprint density at radius 1 is 1.30 bits per heavy atom. The van der Waals surface area contributed by atoms with Gasteiger partial charge in [0.2, 0.25) is 0 Å². The number of carboxylic acid groups (broad SMARTS) is 1. The number of thiazole rings is 1. The summed E-state index contributed by atoms with van der Waals surface area (Å²) in [6, 6.07) is 9.40. The highest BCUT2D eigenvalue weighted by molar-refractivity contribution is 7.18. The first-order chi connectivity index (χ1) is 9.66. The third-order valence-electron chi connectivity index (χ3n) is 2.88. The van der Waals surface area contributed by atoms with Gasteiger partial charge in [-0.3, -0.25) is 0 Å². The summed E-state index contributed by atoms with van der Waals surface area (Å²) >= 11 is 1.34. The van der Waals surface area contributed by atoms with E-state index in [1.807, 2.05) is 41.9 Å². The highest BCUT2D eigenvalue weighted by Gasteiger charge is 2.20. The lowest BCUT2D eigenvalue weighted by Crippen LogP contribution is -1.99. The van der Waals surface area contributed by atoms with Gasteiger partial charge in [0.1, 0.15) is 0 Å². The molecule has 0 bridgehead atoms. The number of aryl methyl sites for hydroxylation is 1. The summed E-state index contributed by atoms with van der Waals surface area (Å²) < 4.78 is 1.82. The molecule has 0 spiro atoms. The van der Waals surface area contributed by atoms with Crippen molar-refractivity contribution in [2.24, 2.45) is 7.05 Å². The van der Waals surface area contributed by atoms with Gasteiger partial charge in [-0.2, -0.15) is 0 Å². The van der Waals surface area contributed by atoms with Crippen LogP contribution in [0.2, 0.25) is 0 Å². The average Bonchev–Trinajstić information content (AvgIpc) is 3.05. The van der Waals surface area contributed by atoms with Crippen LogP contribution in [0.1, 0.15) is 10.5 Å². The fourth-order valence-electron chi connectivity index (χ4n) is 1.92. The summed E-state index contributed by atoms with van der Waals surface area (Å²) in [7, 11) is 1.85. The molecule has 5 nitrogen and oxygen atoms in total. The predicted molar refractivity (Wildman–Crippen MR) is 76.7 cm³/mol. The van der Waals surface area contributed by atoms with Gasteiger partial charge in [-0.15, -0.1) is 11.3 Å². The van der Waals surface area contributed by atoms with Gasteiger partial charge in [-0.25, -0.2) is 14.8 Å². The Labute approximate surface area is 119 Å². The zero-order valence-corrected chi connectivity index (χ0v) is 11.5. The van der Waals surface area contributed by atoms with Crippen molar-refractivity contribution in [1.29, 1.82) is 0 Å². The van der Waals surface area contributed by atoms with E-state index in [1.54, 1.807) is 12.4 Å². The Hall–Kier alpha value is -2.47. The van der Waals surface area contributed by atoms with Gasteiger partial charge in [-0.05, 0) is 5.56 Å². The molecule has 0 aliphatic rings. The molecule has 0 unspecified atom stereocenters. The minimum absolute atomic E-state index is 0.0687. The molecular formula is C14H11N3O2S. The van der Waals surface area contributed by atoms with Gasteiger partial charge >= 0.3 is 5.97 Å². The fourth-order valence-corrected chi connectivity index (χ4v) is 3.02. The van der Waals surface area contributed by atoms with E-state index in [0.717, 1.165) is 5.56 Å². The molecule has 100 valence electrons. The van der Waals surface area contributed by atoms with Crippen LogP contribution in [0.5, 0.6) is 0 Å². The van der Waals surface area contributed by atoms with Crippen LogP contribution in [-0.2, 0) is 7.05 Å². The Morgan fingerprint density at radius 2 is 2.05 bits per heavy atom. The molecule has 6 heteroatoms. The molecule has 0 amide bonds. The van der Waals surface area contributed by atoms with Crippen LogP contribution in [-0.4, -0.2) is 25.6 Å². The van der Waals surface area contributed by atoms with E-state index in [4.69, 9.17) is 0 Å². The molecule has 20 heavy (non-hydrogen) atoms. The molecule has 0 aliphatic carbocycles. The number of nitrogens with zero attached hydrogens (tertiary/aromatic N) is 3. The zero-order chi connectivity index (χ0) is 14.1. The summed E-state index contributed by atoms with van der Waals surface area (Å²) in [5.41, 5.74) is 0.919. The average molecular weight is 285 g/mol. The van der Waals surface area contributed by atoms with E-state index in [2.05, 4.69) is 9.97 Å². The molecule has 1 N–H and O–H groups in total. The van der Waals surface area contributed by atoms with Crippen molar-refractivity contribution in [3.8, 4) is 21.3 Å². The lowest BCUT2D eigenvalue weighted by molar-refractivity contribution is 0.0692. The number of benzene rings is 1. The van der Waals surface area contributed by atoms with Crippen molar-refractivity contribution in [3.63, 3.8) is 0 Å².